The minimum Gasteiger partial charge on any atom is -0.275 e. The summed E-state index contributed by atoms with van der Waals surface area (Å²) in [5.74, 6) is -0.730. The number of aryl methyl sites for hydroxylation is 1. The van der Waals surface area contributed by atoms with Gasteiger partial charge in [-0.05, 0) is 37.5 Å². The number of carbonyl (C=O) groups excluding carboxylic acids is 1. The maximum atomic E-state index is 13.2. The summed E-state index contributed by atoms with van der Waals surface area (Å²) in [5.41, 5.74) is 0.413. The molecule has 0 aliphatic carbocycles. The first-order chi connectivity index (χ1) is 12.6. The molecule has 2 rings (SSSR count). The molecule has 1 heterocycles. The number of rotatable bonds is 6. The molecule has 0 radical (unpaired) electrons. The number of benzene rings is 1. The van der Waals surface area contributed by atoms with Gasteiger partial charge in [0.05, 0.1) is 18.7 Å². The predicted octanol–water partition coefficient (Wildman–Crippen LogP) is 5.26. The molecule has 0 saturated carbocycles. The van der Waals surface area contributed by atoms with E-state index in [4.69, 9.17) is 39.6 Å². The van der Waals surface area contributed by atoms with Crippen LogP contribution in [0, 0.1) is 6.92 Å². The van der Waals surface area contributed by atoms with E-state index in [1.807, 2.05) is 0 Å². The quantitative estimate of drug-likeness (QED) is 0.576. The number of halogens is 5. The van der Waals surface area contributed by atoms with Crippen LogP contribution in [0.15, 0.2) is 12.3 Å². The number of carbonyl (C=O) groups is 1. The lowest BCUT2D eigenvalue weighted by molar-refractivity contribution is -0.119. The lowest BCUT2D eigenvalue weighted by Crippen LogP contribution is -2.39. The van der Waals surface area contributed by atoms with E-state index in [-0.39, 0.29) is 12.0 Å². The van der Waals surface area contributed by atoms with Gasteiger partial charge in [-0.25, -0.2) is 13.8 Å². The highest BCUT2D eigenvalue weighted by Crippen LogP contribution is 2.35. The molecule has 0 saturated heterocycles. The Morgan fingerprint density at radius 1 is 1.33 bits per heavy atom. The second-order valence-electron chi connectivity index (χ2n) is 6.03. The Labute approximate surface area is 170 Å². The minimum atomic E-state index is -2.89. The van der Waals surface area contributed by atoms with Gasteiger partial charge < -0.3 is 0 Å². The molecule has 0 N–H and O–H groups in total. The highest BCUT2D eigenvalue weighted by molar-refractivity contribution is 6.40. The fourth-order valence-corrected chi connectivity index (χ4v) is 3.64. The van der Waals surface area contributed by atoms with E-state index in [0.717, 1.165) is 9.75 Å². The average Bonchev–Trinajstić information content (AvgIpc) is 2.99. The first-order valence-electron chi connectivity index (χ1n) is 7.90. The second-order valence-corrected chi connectivity index (χ2v) is 7.22. The molecule has 0 spiro atoms. The zero-order chi connectivity index (χ0) is 20.5. The molecule has 0 fully saturated rings. The largest absolute Gasteiger partial charge is 0.282 e. The Hall–Kier alpha value is -1.41. The topological polar surface area (TPSA) is 47.4 Å². The third-order valence-electron chi connectivity index (χ3n) is 4.09. The van der Waals surface area contributed by atoms with E-state index >= 15 is 0 Å². The van der Waals surface area contributed by atoms with Crippen molar-refractivity contribution in [2.45, 2.75) is 32.7 Å². The summed E-state index contributed by atoms with van der Waals surface area (Å²) in [5, 5.41) is 5.81. The fraction of sp³-hybridized carbons (Fsp3) is 0.412. The summed E-state index contributed by atoms with van der Waals surface area (Å²) in [7, 11) is 2.74. The number of hydrogen-bond donors (Lipinski definition) is 0. The molecule has 1 aromatic carbocycles. The van der Waals surface area contributed by atoms with Gasteiger partial charge >= 0.3 is 0 Å². The standard InChI is InChI=1S/C17H18Cl3F2N3O2/c1-8(5-10-13(19)6-12(18)9(2)14(10)20)25(27-4)17(26)11-7-24(3)23-15(11)16(21)22/h6-8,16H,5H2,1-4H3. The van der Waals surface area contributed by atoms with Gasteiger partial charge in [0.2, 0.25) is 0 Å². The normalized spacial score (nSPS) is 12.5. The molecule has 5 nitrogen and oxygen atoms in total. The molecule has 10 heteroatoms. The number of amides is 1. The smallest absolute Gasteiger partial charge is 0.275 e. The third kappa shape index (κ3) is 4.54. The Kier molecular flexibility index (Phi) is 7.08. The number of hydroxylamine groups is 2. The Morgan fingerprint density at radius 3 is 2.52 bits per heavy atom. The zero-order valence-electron chi connectivity index (χ0n) is 15.1. The van der Waals surface area contributed by atoms with Crippen molar-refractivity contribution in [1.82, 2.24) is 14.8 Å². The van der Waals surface area contributed by atoms with Crippen LogP contribution in [0.5, 0.6) is 0 Å². The lowest BCUT2D eigenvalue weighted by Gasteiger charge is -2.27. The summed E-state index contributed by atoms with van der Waals surface area (Å²) in [6.07, 6.45) is -1.42. The van der Waals surface area contributed by atoms with Crippen LogP contribution in [0.25, 0.3) is 0 Å². The van der Waals surface area contributed by atoms with Crippen LogP contribution >= 0.6 is 34.8 Å². The average molecular weight is 441 g/mol. The van der Waals surface area contributed by atoms with E-state index < -0.39 is 24.1 Å². The third-order valence-corrected chi connectivity index (χ3v) is 5.33. The first-order valence-corrected chi connectivity index (χ1v) is 9.04. The van der Waals surface area contributed by atoms with Crippen LogP contribution in [0.3, 0.4) is 0 Å². The molecule has 1 amide bonds. The second kappa shape index (κ2) is 8.73. The molecule has 0 aliphatic heterocycles. The maximum absolute atomic E-state index is 13.2. The predicted molar refractivity (Wildman–Crippen MR) is 101 cm³/mol. The minimum absolute atomic E-state index is 0.231. The van der Waals surface area contributed by atoms with Gasteiger partial charge in [-0.3, -0.25) is 14.3 Å². The summed E-state index contributed by atoms with van der Waals surface area (Å²) in [4.78, 5) is 17.9. The van der Waals surface area contributed by atoms with Gasteiger partial charge in [-0.1, -0.05) is 34.8 Å². The summed E-state index contributed by atoms with van der Waals surface area (Å²) in [6.45, 7) is 3.44. The van der Waals surface area contributed by atoms with E-state index in [2.05, 4.69) is 5.10 Å². The van der Waals surface area contributed by atoms with Crippen LogP contribution in [0.4, 0.5) is 8.78 Å². The van der Waals surface area contributed by atoms with Gasteiger partial charge in [0.15, 0.2) is 0 Å². The lowest BCUT2D eigenvalue weighted by atomic mass is 10.0. The van der Waals surface area contributed by atoms with Crippen molar-refractivity contribution in [3.8, 4) is 0 Å². The number of hydrogen-bond acceptors (Lipinski definition) is 3. The van der Waals surface area contributed by atoms with E-state index in [1.54, 1.807) is 19.9 Å². The molecule has 27 heavy (non-hydrogen) atoms. The molecule has 1 aromatic heterocycles. The maximum Gasteiger partial charge on any atom is 0.282 e. The van der Waals surface area contributed by atoms with Crippen molar-refractivity contribution in [2.75, 3.05) is 7.11 Å². The molecule has 1 atom stereocenters. The van der Waals surface area contributed by atoms with Crippen molar-refractivity contribution in [3.05, 3.63) is 49.7 Å². The van der Waals surface area contributed by atoms with Gasteiger partial charge in [0.1, 0.15) is 5.69 Å². The highest BCUT2D eigenvalue weighted by Gasteiger charge is 2.30. The van der Waals surface area contributed by atoms with Crippen molar-refractivity contribution in [1.29, 1.82) is 0 Å². The zero-order valence-corrected chi connectivity index (χ0v) is 17.3. The molecular formula is C17H18Cl3F2N3O2. The molecular weight excluding hydrogens is 423 g/mol. The number of nitrogens with zero attached hydrogens (tertiary/aromatic N) is 3. The highest BCUT2D eigenvalue weighted by atomic mass is 35.5. The Bertz CT molecular complexity index is 858. The van der Waals surface area contributed by atoms with E-state index in [9.17, 15) is 13.6 Å². The molecule has 2 aromatic rings. The van der Waals surface area contributed by atoms with Gasteiger partial charge in [0.25, 0.3) is 12.3 Å². The number of alkyl halides is 2. The van der Waals surface area contributed by atoms with Crippen molar-refractivity contribution < 1.29 is 18.4 Å². The van der Waals surface area contributed by atoms with Crippen LogP contribution < -0.4 is 0 Å². The summed E-state index contributed by atoms with van der Waals surface area (Å²) < 4.78 is 27.5. The van der Waals surface area contributed by atoms with E-state index in [1.165, 1.54) is 20.4 Å². The van der Waals surface area contributed by atoms with Crippen molar-refractivity contribution in [2.24, 2.45) is 7.05 Å². The molecule has 148 valence electrons. The fourth-order valence-electron chi connectivity index (χ4n) is 2.72. The SMILES string of the molecule is CON(C(=O)c1cn(C)nc1C(F)F)C(C)Cc1c(Cl)cc(Cl)c(C)c1Cl. The van der Waals surface area contributed by atoms with Crippen molar-refractivity contribution >= 4 is 40.7 Å². The van der Waals surface area contributed by atoms with Gasteiger partial charge in [-0.2, -0.15) is 5.10 Å². The summed E-state index contributed by atoms with van der Waals surface area (Å²) >= 11 is 18.6. The monoisotopic (exact) mass is 439 g/mol. The molecule has 0 aliphatic rings. The Morgan fingerprint density at radius 2 is 1.96 bits per heavy atom. The summed E-state index contributed by atoms with van der Waals surface area (Å²) in [6, 6.07) is 1.02. The molecule has 1 unspecified atom stereocenters. The van der Waals surface area contributed by atoms with Gasteiger partial charge in [-0.15, -0.1) is 0 Å². The van der Waals surface area contributed by atoms with E-state index in [0.29, 0.717) is 26.2 Å². The van der Waals surface area contributed by atoms with Crippen LogP contribution in [0.1, 0.15) is 40.5 Å². The Balaban J connectivity index is 2.33. The van der Waals surface area contributed by atoms with Crippen LogP contribution in [-0.2, 0) is 18.3 Å². The number of aromatic nitrogens is 2. The van der Waals surface area contributed by atoms with Gasteiger partial charge in [0, 0.05) is 28.3 Å². The molecule has 0 bridgehead atoms. The van der Waals surface area contributed by atoms with Crippen LogP contribution in [-0.4, -0.2) is 33.9 Å². The first kappa shape index (κ1) is 21.9. The van der Waals surface area contributed by atoms with Crippen LogP contribution in [0.2, 0.25) is 15.1 Å². The van der Waals surface area contributed by atoms with Crippen molar-refractivity contribution in [3.63, 3.8) is 0 Å².